The number of aliphatic hydroxyl groups is 1. The van der Waals surface area contributed by atoms with E-state index in [-0.39, 0.29) is 11.6 Å². The van der Waals surface area contributed by atoms with Gasteiger partial charge in [0.15, 0.2) is 0 Å². The largest absolute Gasteiger partial charge is 0.396 e. The molecule has 18 heavy (non-hydrogen) atoms. The molecule has 3 N–H and O–H groups in total. The van der Waals surface area contributed by atoms with Crippen LogP contribution in [0.2, 0.25) is 5.02 Å². The highest BCUT2D eigenvalue weighted by Crippen LogP contribution is 2.19. The summed E-state index contributed by atoms with van der Waals surface area (Å²) in [7, 11) is 0. The van der Waals surface area contributed by atoms with E-state index in [1.807, 2.05) is 0 Å². The Morgan fingerprint density at radius 2 is 2.17 bits per heavy atom. The lowest BCUT2D eigenvalue weighted by atomic mass is 10.0. The Hall–Kier alpha value is -1.33. The van der Waals surface area contributed by atoms with Crippen molar-refractivity contribution >= 4 is 23.3 Å². The maximum atomic E-state index is 12.9. The number of anilines is 1. The van der Waals surface area contributed by atoms with Crippen molar-refractivity contribution in [3.63, 3.8) is 0 Å². The minimum absolute atomic E-state index is 0.0182. The van der Waals surface area contributed by atoms with Crippen molar-refractivity contribution in [2.24, 2.45) is 0 Å². The molecular formula is C12H16ClFN2O2. The van der Waals surface area contributed by atoms with Gasteiger partial charge in [-0.05, 0) is 38.5 Å². The van der Waals surface area contributed by atoms with Gasteiger partial charge < -0.3 is 15.7 Å². The molecule has 0 saturated heterocycles. The van der Waals surface area contributed by atoms with Gasteiger partial charge in [0, 0.05) is 17.8 Å². The molecule has 1 aromatic rings. The summed E-state index contributed by atoms with van der Waals surface area (Å²) in [4.78, 5) is 11.7. The van der Waals surface area contributed by atoms with Crippen LogP contribution in [0, 0.1) is 5.82 Å². The van der Waals surface area contributed by atoms with Crippen LogP contribution in [0.1, 0.15) is 20.3 Å². The van der Waals surface area contributed by atoms with Crippen LogP contribution in [0.15, 0.2) is 18.2 Å². The summed E-state index contributed by atoms with van der Waals surface area (Å²) in [6.45, 7) is 3.57. The van der Waals surface area contributed by atoms with Crippen molar-refractivity contribution in [2.75, 3.05) is 11.9 Å². The molecular weight excluding hydrogens is 259 g/mol. The Morgan fingerprint density at radius 1 is 1.50 bits per heavy atom. The molecule has 0 aliphatic carbocycles. The number of urea groups is 1. The Bertz CT molecular complexity index is 438. The molecule has 0 spiro atoms. The molecule has 0 aliphatic heterocycles. The van der Waals surface area contributed by atoms with Crippen molar-refractivity contribution in [1.29, 1.82) is 0 Å². The molecule has 1 rings (SSSR count). The van der Waals surface area contributed by atoms with Crippen molar-refractivity contribution < 1.29 is 14.3 Å². The molecule has 100 valence electrons. The zero-order chi connectivity index (χ0) is 13.8. The van der Waals surface area contributed by atoms with Crippen LogP contribution in [0.3, 0.4) is 0 Å². The van der Waals surface area contributed by atoms with Gasteiger partial charge in [0.1, 0.15) is 5.82 Å². The zero-order valence-corrected chi connectivity index (χ0v) is 11.0. The average Bonchev–Trinajstić information content (AvgIpc) is 2.22. The van der Waals surface area contributed by atoms with Crippen LogP contribution >= 0.6 is 11.6 Å². The van der Waals surface area contributed by atoms with E-state index in [2.05, 4.69) is 10.6 Å². The molecule has 0 radical (unpaired) electrons. The van der Waals surface area contributed by atoms with Crippen LogP contribution in [-0.4, -0.2) is 23.3 Å². The number of benzene rings is 1. The molecule has 4 nitrogen and oxygen atoms in total. The van der Waals surface area contributed by atoms with Gasteiger partial charge in [0.05, 0.1) is 5.02 Å². The molecule has 0 saturated carbocycles. The predicted octanol–water partition coefficient (Wildman–Crippen LogP) is 2.76. The molecule has 0 aromatic heterocycles. The monoisotopic (exact) mass is 274 g/mol. The third-order valence-electron chi connectivity index (χ3n) is 2.37. The number of aliphatic hydroxyl groups excluding tert-OH is 1. The first-order valence-corrected chi connectivity index (χ1v) is 5.87. The molecule has 1 aromatic carbocycles. The molecule has 6 heteroatoms. The lowest BCUT2D eigenvalue weighted by molar-refractivity contribution is 0.218. The maximum Gasteiger partial charge on any atom is 0.319 e. The summed E-state index contributed by atoms with van der Waals surface area (Å²) in [6, 6.07) is 3.49. The average molecular weight is 275 g/mol. The number of carbonyl (C=O) groups is 1. The second-order valence-electron chi connectivity index (χ2n) is 4.57. The van der Waals surface area contributed by atoms with Gasteiger partial charge in [0.2, 0.25) is 0 Å². The second-order valence-corrected chi connectivity index (χ2v) is 4.97. The standard InChI is InChI=1S/C12H16ClFN2O2/c1-12(2,5-6-17)16-11(18)15-8-3-4-10(14)9(13)7-8/h3-4,7,17H,5-6H2,1-2H3,(H2,15,16,18). The number of amides is 2. The third kappa shape index (κ3) is 4.50. The summed E-state index contributed by atoms with van der Waals surface area (Å²) in [5.41, 5.74) is -0.124. The van der Waals surface area contributed by atoms with Gasteiger partial charge in [-0.3, -0.25) is 0 Å². The summed E-state index contributed by atoms with van der Waals surface area (Å²) in [5.74, 6) is -0.539. The lowest BCUT2D eigenvalue weighted by Gasteiger charge is -2.25. The summed E-state index contributed by atoms with van der Waals surface area (Å²) in [6.07, 6.45) is 0.435. The highest BCUT2D eigenvalue weighted by atomic mass is 35.5. The van der Waals surface area contributed by atoms with E-state index in [0.717, 1.165) is 0 Å². The van der Waals surface area contributed by atoms with Gasteiger partial charge in [-0.25, -0.2) is 9.18 Å². The Morgan fingerprint density at radius 3 is 2.72 bits per heavy atom. The molecule has 0 atom stereocenters. The third-order valence-corrected chi connectivity index (χ3v) is 2.66. The first-order valence-electron chi connectivity index (χ1n) is 5.49. The van der Waals surface area contributed by atoms with E-state index in [0.29, 0.717) is 12.1 Å². The van der Waals surface area contributed by atoms with Crippen molar-refractivity contribution in [3.8, 4) is 0 Å². The van der Waals surface area contributed by atoms with Crippen molar-refractivity contribution in [2.45, 2.75) is 25.8 Å². The number of hydrogen-bond acceptors (Lipinski definition) is 2. The number of rotatable bonds is 4. The van der Waals surface area contributed by atoms with E-state index in [1.54, 1.807) is 13.8 Å². The summed E-state index contributed by atoms with van der Waals surface area (Å²) >= 11 is 5.60. The molecule has 2 amide bonds. The topological polar surface area (TPSA) is 61.4 Å². The van der Waals surface area contributed by atoms with E-state index >= 15 is 0 Å². The Balaban J connectivity index is 2.62. The zero-order valence-electron chi connectivity index (χ0n) is 10.3. The van der Waals surface area contributed by atoms with Gasteiger partial charge in [-0.2, -0.15) is 0 Å². The van der Waals surface area contributed by atoms with Gasteiger partial charge in [0.25, 0.3) is 0 Å². The van der Waals surface area contributed by atoms with E-state index in [4.69, 9.17) is 16.7 Å². The molecule has 0 bridgehead atoms. The summed E-state index contributed by atoms with van der Waals surface area (Å²) < 4.78 is 12.9. The van der Waals surface area contributed by atoms with Crippen molar-refractivity contribution in [1.82, 2.24) is 5.32 Å². The smallest absolute Gasteiger partial charge is 0.319 e. The van der Waals surface area contributed by atoms with E-state index < -0.39 is 17.4 Å². The molecule has 0 aliphatic rings. The SMILES string of the molecule is CC(C)(CCO)NC(=O)Nc1ccc(F)c(Cl)c1. The lowest BCUT2D eigenvalue weighted by Crippen LogP contribution is -2.46. The normalized spacial score (nSPS) is 11.2. The van der Waals surface area contributed by atoms with Crippen LogP contribution in [0.25, 0.3) is 0 Å². The fraction of sp³-hybridized carbons (Fsp3) is 0.417. The van der Waals surface area contributed by atoms with Crippen molar-refractivity contribution in [3.05, 3.63) is 29.0 Å². The quantitative estimate of drug-likeness (QED) is 0.791. The Labute approximate surface area is 110 Å². The predicted molar refractivity (Wildman–Crippen MR) is 69.3 cm³/mol. The van der Waals surface area contributed by atoms with Crippen LogP contribution < -0.4 is 10.6 Å². The van der Waals surface area contributed by atoms with E-state index in [9.17, 15) is 9.18 Å². The number of halogens is 2. The molecule has 0 heterocycles. The highest BCUT2D eigenvalue weighted by Gasteiger charge is 2.19. The number of nitrogens with one attached hydrogen (secondary N) is 2. The summed E-state index contributed by atoms with van der Waals surface area (Å²) in [5, 5.41) is 14.0. The van der Waals surface area contributed by atoms with Crippen LogP contribution in [0.5, 0.6) is 0 Å². The Kier molecular flexibility index (Phi) is 4.93. The van der Waals surface area contributed by atoms with Gasteiger partial charge in [-0.1, -0.05) is 11.6 Å². The first-order chi connectivity index (χ1) is 8.34. The molecule has 0 unspecified atom stereocenters. The minimum Gasteiger partial charge on any atom is -0.396 e. The second kappa shape index (κ2) is 6.02. The highest BCUT2D eigenvalue weighted by molar-refractivity contribution is 6.31. The maximum absolute atomic E-state index is 12.9. The first kappa shape index (κ1) is 14.7. The fourth-order valence-corrected chi connectivity index (χ4v) is 1.57. The van der Waals surface area contributed by atoms with E-state index in [1.165, 1.54) is 18.2 Å². The van der Waals surface area contributed by atoms with Crippen LogP contribution in [-0.2, 0) is 0 Å². The molecule has 0 fully saturated rings. The minimum atomic E-state index is -0.539. The fourth-order valence-electron chi connectivity index (χ4n) is 1.39. The van der Waals surface area contributed by atoms with Crippen LogP contribution in [0.4, 0.5) is 14.9 Å². The number of hydrogen-bond donors (Lipinski definition) is 3. The number of carbonyl (C=O) groups excluding carboxylic acids is 1. The van der Waals surface area contributed by atoms with Gasteiger partial charge in [-0.15, -0.1) is 0 Å². The van der Waals surface area contributed by atoms with Gasteiger partial charge >= 0.3 is 6.03 Å².